The Bertz CT molecular complexity index is 354. The first kappa shape index (κ1) is 8.29. The molecule has 70 valence electrons. The van der Waals surface area contributed by atoms with Crippen molar-refractivity contribution in [1.82, 2.24) is 9.55 Å². The minimum Gasteiger partial charge on any atom is -0.382 e. The van der Waals surface area contributed by atoms with Gasteiger partial charge in [0.05, 0.1) is 0 Å². The molecular formula is C9H13N3O. The Morgan fingerprint density at radius 3 is 3.00 bits per heavy atom. The lowest BCUT2D eigenvalue weighted by atomic mass is 10.1. The molecule has 0 radical (unpaired) electrons. The summed E-state index contributed by atoms with van der Waals surface area (Å²) in [7, 11) is 0. The van der Waals surface area contributed by atoms with Gasteiger partial charge in [0.25, 0.3) is 0 Å². The molecule has 13 heavy (non-hydrogen) atoms. The zero-order valence-electron chi connectivity index (χ0n) is 7.71. The molecule has 0 saturated heterocycles. The highest BCUT2D eigenvalue weighted by Crippen LogP contribution is 2.21. The van der Waals surface area contributed by atoms with Crippen LogP contribution in [0, 0.1) is 0 Å². The second-order valence-corrected chi connectivity index (χ2v) is 3.43. The highest BCUT2D eigenvalue weighted by atomic mass is 16.1. The third-order valence-corrected chi connectivity index (χ3v) is 2.44. The third kappa shape index (κ3) is 1.22. The fourth-order valence-electron chi connectivity index (χ4n) is 1.87. The van der Waals surface area contributed by atoms with E-state index >= 15 is 0 Å². The minimum atomic E-state index is 0.0122. The van der Waals surface area contributed by atoms with E-state index in [4.69, 9.17) is 5.73 Å². The molecule has 0 fully saturated rings. The van der Waals surface area contributed by atoms with Gasteiger partial charge in [0.2, 0.25) is 0 Å². The topological polar surface area (TPSA) is 60.9 Å². The van der Waals surface area contributed by atoms with Gasteiger partial charge in [0, 0.05) is 19.9 Å². The van der Waals surface area contributed by atoms with Crippen LogP contribution in [0.4, 0.5) is 5.82 Å². The maximum Gasteiger partial charge on any atom is 0.179 e. The lowest BCUT2D eigenvalue weighted by Gasteiger charge is -2.14. The van der Waals surface area contributed by atoms with Crippen molar-refractivity contribution in [2.75, 3.05) is 5.73 Å². The van der Waals surface area contributed by atoms with Gasteiger partial charge in [-0.3, -0.25) is 4.79 Å². The number of carbonyl (C=O) groups is 1. The van der Waals surface area contributed by atoms with E-state index < -0.39 is 0 Å². The number of hydrogen-bond acceptors (Lipinski definition) is 3. The van der Waals surface area contributed by atoms with E-state index in [1.807, 2.05) is 4.57 Å². The molecule has 0 saturated carbocycles. The number of aryl methyl sites for hydroxylation is 1. The molecule has 0 bridgehead atoms. The van der Waals surface area contributed by atoms with E-state index in [-0.39, 0.29) is 5.78 Å². The van der Waals surface area contributed by atoms with Gasteiger partial charge < -0.3 is 10.3 Å². The number of nitrogens with two attached hydrogens (primary N) is 1. The van der Waals surface area contributed by atoms with Gasteiger partial charge in [0.15, 0.2) is 11.6 Å². The number of fused-ring (bicyclic) bond motifs is 1. The normalized spacial score (nSPS) is 15.5. The molecule has 0 aliphatic carbocycles. The molecule has 2 rings (SSSR count). The molecule has 1 aliphatic heterocycles. The Kier molecular flexibility index (Phi) is 1.83. The Labute approximate surface area is 76.8 Å². The number of rotatable bonds is 1. The van der Waals surface area contributed by atoms with E-state index in [1.54, 1.807) is 0 Å². The molecule has 0 atom stereocenters. The molecule has 2 heterocycles. The second-order valence-electron chi connectivity index (χ2n) is 3.43. The first-order valence-electron chi connectivity index (χ1n) is 4.56. The van der Waals surface area contributed by atoms with E-state index in [0.717, 1.165) is 31.6 Å². The van der Waals surface area contributed by atoms with Crippen molar-refractivity contribution >= 4 is 11.6 Å². The van der Waals surface area contributed by atoms with Gasteiger partial charge in [-0.2, -0.15) is 0 Å². The summed E-state index contributed by atoms with van der Waals surface area (Å²) < 4.78 is 1.96. The molecule has 1 aromatic heterocycles. The van der Waals surface area contributed by atoms with Gasteiger partial charge in [0.1, 0.15) is 11.5 Å². The molecule has 4 heteroatoms. The predicted molar refractivity (Wildman–Crippen MR) is 49.6 cm³/mol. The van der Waals surface area contributed by atoms with Crippen molar-refractivity contribution in [1.29, 1.82) is 0 Å². The van der Waals surface area contributed by atoms with E-state index in [0.29, 0.717) is 11.5 Å². The van der Waals surface area contributed by atoms with Gasteiger partial charge in [-0.05, 0) is 12.8 Å². The number of aromatic nitrogens is 2. The lowest BCUT2D eigenvalue weighted by Crippen LogP contribution is -2.15. The number of ketones is 1. The number of Topliss-reactive ketones (excluding diaryl/α,β-unsaturated/α-hetero) is 1. The Morgan fingerprint density at radius 1 is 1.54 bits per heavy atom. The monoisotopic (exact) mass is 179 g/mol. The molecule has 0 unspecified atom stereocenters. The largest absolute Gasteiger partial charge is 0.382 e. The zero-order chi connectivity index (χ0) is 9.42. The van der Waals surface area contributed by atoms with Gasteiger partial charge in [-0.25, -0.2) is 4.98 Å². The van der Waals surface area contributed by atoms with Crippen LogP contribution in [0.1, 0.15) is 36.1 Å². The van der Waals surface area contributed by atoms with Crippen LogP contribution in [-0.2, 0) is 13.0 Å². The van der Waals surface area contributed by atoms with Crippen LogP contribution in [0.3, 0.4) is 0 Å². The van der Waals surface area contributed by atoms with Gasteiger partial charge in [-0.1, -0.05) is 0 Å². The van der Waals surface area contributed by atoms with Crippen molar-refractivity contribution in [2.24, 2.45) is 0 Å². The van der Waals surface area contributed by atoms with Crippen molar-refractivity contribution in [3.8, 4) is 0 Å². The van der Waals surface area contributed by atoms with Gasteiger partial charge >= 0.3 is 0 Å². The van der Waals surface area contributed by atoms with E-state index in [2.05, 4.69) is 4.98 Å². The molecule has 0 spiro atoms. The summed E-state index contributed by atoms with van der Waals surface area (Å²) in [5.74, 6) is 1.37. The molecule has 4 nitrogen and oxygen atoms in total. The van der Waals surface area contributed by atoms with Crippen molar-refractivity contribution in [2.45, 2.75) is 32.7 Å². The van der Waals surface area contributed by atoms with Crippen LogP contribution in [-0.4, -0.2) is 15.3 Å². The highest BCUT2D eigenvalue weighted by Gasteiger charge is 2.20. The first-order valence-corrected chi connectivity index (χ1v) is 4.56. The Morgan fingerprint density at radius 2 is 2.31 bits per heavy atom. The van der Waals surface area contributed by atoms with Crippen molar-refractivity contribution in [3.05, 3.63) is 11.5 Å². The Balaban J connectivity index is 2.54. The fraction of sp³-hybridized carbons (Fsp3) is 0.556. The molecule has 0 aromatic carbocycles. The third-order valence-electron chi connectivity index (χ3n) is 2.44. The molecular weight excluding hydrogens is 166 g/mol. The summed E-state index contributed by atoms with van der Waals surface area (Å²) in [5.41, 5.74) is 6.26. The predicted octanol–water partition coefficient (Wildman–Crippen LogP) is 1.00. The summed E-state index contributed by atoms with van der Waals surface area (Å²) >= 11 is 0. The number of nitrogens with zero attached hydrogens (tertiary/aromatic N) is 2. The first-order chi connectivity index (χ1) is 6.20. The minimum absolute atomic E-state index is 0.0122. The number of carbonyl (C=O) groups excluding carboxylic acids is 1. The number of imidazole rings is 1. The van der Waals surface area contributed by atoms with E-state index in [1.165, 1.54) is 6.92 Å². The molecule has 0 amide bonds. The standard InChI is InChI=1S/C9H13N3O/c1-6(13)8-9(10)11-7-4-2-3-5-12(7)8/h2-5,10H2,1H3. The van der Waals surface area contributed by atoms with Crippen LogP contribution < -0.4 is 5.73 Å². The maximum absolute atomic E-state index is 11.3. The SMILES string of the molecule is CC(=O)c1c(N)nc2n1CCCC2. The summed E-state index contributed by atoms with van der Waals surface area (Å²) in [6, 6.07) is 0. The fourth-order valence-corrected chi connectivity index (χ4v) is 1.87. The van der Waals surface area contributed by atoms with Gasteiger partial charge in [-0.15, -0.1) is 0 Å². The quantitative estimate of drug-likeness (QED) is 0.654. The van der Waals surface area contributed by atoms with Crippen LogP contribution in [0.15, 0.2) is 0 Å². The highest BCUT2D eigenvalue weighted by molar-refractivity contribution is 5.96. The van der Waals surface area contributed by atoms with Crippen LogP contribution in [0.5, 0.6) is 0 Å². The number of hydrogen-bond donors (Lipinski definition) is 1. The number of anilines is 1. The van der Waals surface area contributed by atoms with E-state index in [9.17, 15) is 4.79 Å². The molecule has 1 aliphatic rings. The average molecular weight is 179 g/mol. The number of nitrogen functional groups attached to an aromatic ring is 1. The van der Waals surface area contributed by atoms with Crippen LogP contribution in [0.25, 0.3) is 0 Å². The second kappa shape index (κ2) is 2.87. The van der Waals surface area contributed by atoms with Crippen LogP contribution in [0.2, 0.25) is 0 Å². The molecule has 1 aromatic rings. The Hall–Kier alpha value is -1.32. The summed E-state index contributed by atoms with van der Waals surface area (Å²) in [5, 5.41) is 0. The average Bonchev–Trinajstić information content (AvgIpc) is 2.39. The zero-order valence-corrected chi connectivity index (χ0v) is 7.71. The smallest absolute Gasteiger partial charge is 0.179 e. The summed E-state index contributed by atoms with van der Waals surface area (Å²) in [4.78, 5) is 15.5. The van der Waals surface area contributed by atoms with Crippen LogP contribution >= 0.6 is 0 Å². The van der Waals surface area contributed by atoms with Crippen molar-refractivity contribution < 1.29 is 4.79 Å². The van der Waals surface area contributed by atoms with Crippen molar-refractivity contribution in [3.63, 3.8) is 0 Å². The summed E-state index contributed by atoms with van der Waals surface area (Å²) in [6.07, 6.45) is 3.20. The molecule has 2 N–H and O–H groups in total. The summed E-state index contributed by atoms with van der Waals surface area (Å²) in [6.45, 7) is 2.42. The lowest BCUT2D eigenvalue weighted by molar-refractivity contribution is 0.100. The maximum atomic E-state index is 11.3.